The molecule has 0 aliphatic carbocycles. The number of rotatable bonds is 6. The summed E-state index contributed by atoms with van der Waals surface area (Å²) in [5.74, 6) is 0. The molecule has 0 aliphatic heterocycles. The van der Waals surface area contributed by atoms with Crippen molar-refractivity contribution in [3.63, 3.8) is 0 Å². The largest absolute Gasteiger partial charge is 0.455 e. The lowest BCUT2D eigenvalue weighted by atomic mass is 9.99. The zero-order valence-electron chi connectivity index (χ0n) is 29.9. The van der Waals surface area contributed by atoms with Crippen molar-refractivity contribution in [3.05, 3.63) is 206 Å². The van der Waals surface area contributed by atoms with Crippen molar-refractivity contribution in [1.82, 2.24) is 4.57 Å². The van der Waals surface area contributed by atoms with Crippen LogP contribution in [0, 0.1) is 0 Å². The van der Waals surface area contributed by atoms with Crippen LogP contribution in [0.5, 0.6) is 0 Å². The Morgan fingerprint density at radius 2 is 0.927 bits per heavy atom. The normalized spacial score (nSPS) is 11.6. The Kier molecular flexibility index (Phi) is 7.17. The molecule has 0 amide bonds. The molecule has 3 heteroatoms. The van der Waals surface area contributed by atoms with Gasteiger partial charge in [0.25, 0.3) is 0 Å². The molecular formula is C52H34N2O. The number of hydrogen-bond acceptors (Lipinski definition) is 2. The number of aromatic nitrogens is 1. The van der Waals surface area contributed by atoms with E-state index in [1.807, 2.05) is 12.1 Å². The van der Waals surface area contributed by atoms with Crippen LogP contribution < -0.4 is 4.90 Å². The molecule has 0 atom stereocenters. The molecule has 0 fully saturated rings. The molecule has 0 saturated heterocycles. The Morgan fingerprint density at radius 1 is 0.364 bits per heavy atom. The molecule has 0 N–H and O–H groups in total. The van der Waals surface area contributed by atoms with E-state index in [1.54, 1.807) is 0 Å². The van der Waals surface area contributed by atoms with Crippen molar-refractivity contribution in [3.8, 4) is 27.9 Å². The van der Waals surface area contributed by atoms with Crippen molar-refractivity contribution >= 4 is 71.6 Å². The predicted octanol–water partition coefficient (Wildman–Crippen LogP) is 14.6. The average molecular weight is 703 g/mol. The van der Waals surface area contributed by atoms with Gasteiger partial charge in [-0.25, -0.2) is 0 Å². The van der Waals surface area contributed by atoms with Gasteiger partial charge >= 0.3 is 0 Å². The van der Waals surface area contributed by atoms with Crippen LogP contribution in [-0.2, 0) is 0 Å². The van der Waals surface area contributed by atoms with Crippen LogP contribution in [0.2, 0.25) is 0 Å². The third-order valence-electron chi connectivity index (χ3n) is 11.0. The van der Waals surface area contributed by atoms with Gasteiger partial charge in [-0.05, 0) is 100 Å². The quantitative estimate of drug-likeness (QED) is 0.172. The van der Waals surface area contributed by atoms with Gasteiger partial charge in [0.2, 0.25) is 0 Å². The van der Waals surface area contributed by atoms with Gasteiger partial charge in [-0.2, -0.15) is 0 Å². The van der Waals surface area contributed by atoms with E-state index in [-0.39, 0.29) is 0 Å². The minimum atomic E-state index is 0.904. The highest BCUT2D eigenvalue weighted by Gasteiger charge is 2.18. The van der Waals surface area contributed by atoms with E-state index >= 15 is 0 Å². The number of para-hydroxylation sites is 4. The minimum Gasteiger partial charge on any atom is -0.455 e. The summed E-state index contributed by atoms with van der Waals surface area (Å²) in [5, 5.41) is 7.17. The molecule has 2 heterocycles. The lowest BCUT2D eigenvalue weighted by Crippen LogP contribution is -2.09. The molecule has 258 valence electrons. The summed E-state index contributed by atoms with van der Waals surface area (Å²) in [7, 11) is 0. The summed E-state index contributed by atoms with van der Waals surface area (Å²) in [6, 6.07) is 74.0. The van der Waals surface area contributed by atoms with Crippen LogP contribution in [0.4, 0.5) is 17.1 Å². The van der Waals surface area contributed by atoms with E-state index in [2.05, 4.69) is 204 Å². The summed E-state index contributed by atoms with van der Waals surface area (Å²) < 4.78 is 8.94. The summed E-state index contributed by atoms with van der Waals surface area (Å²) in [6.45, 7) is 0. The third kappa shape index (κ3) is 5.20. The smallest absolute Gasteiger partial charge is 0.143 e. The van der Waals surface area contributed by atoms with E-state index in [4.69, 9.17) is 4.42 Å². The molecule has 3 nitrogen and oxygen atoms in total. The Bertz CT molecular complexity index is 3150. The Morgan fingerprint density at radius 3 is 1.67 bits per heavy atom. The van der Waals surface area contributed by atoms with Crippen molar-refractivity contribution in [2.75, 3.05) is 4.90 Å². The molecule has 0 aliphatic rings. The first-order chi connectivity index (χ1) is 27.3. The topological polar surface area (TPSA) is 21.3 Å². The molecule has 9 aromatic carbocycles. The summed E-state index contributed by atoms with van der Waals surface area (Å²) in [5.41, 5.74) is 13.1. The number of anilines is 3. The van der Waals surface area contributed by atoms with Gasteiger partial charge in [0.1, 0.15) is 11.2 Å². The van der Waals surface area contributed by atoms with E-state index in [9.17, 15) is 0 Å². The lowest BCUT2D eigenvalue weighted by molar-refractivity contribution is 0.670. The maximum atomic E-state index is 6.52. The maximum Gasteiger partial charge on any atom is 0.143 e. The summed E-state index contributed by atoms with van der Waals surface area (Å²) in [4.78, 5) is 2.31. The van der Waals surface area contributed by atoms with Gasteiger partial charge < -0.3 is 13.9 Å². The van der Waals surface area contributed by atoms with Crippen molar-refractivity contribution in [2.45, 2.75) is 0 Å². The molecule has 55 heavy (non-hydrogen) atoms. The zero-order valence-corrected chi connectivity index (χ0v) is 29.9. The predicted molar refractivity (Wildman–Crippen MR) is 231 cm³/mol. The molecule has 2 aromatic heterocycles. The van der Waals surface area contributed by atoms with E-state index < -0.39 is 0 Å². The van der Waals surface area contributed by atoms with E-state index in [0.29, 0.717) is 0 Å². The van der Waals surface area contributed by atoms with Crippen molar-refractivity contribution in [2.24, 2.45) is 0 Å². The Hall–Kier alpha value is -7.36. The van der Waals surface area contributed by atoms with Gasteiger partial charge in [-0.15, -0.1) is 0 Å². The number of hydrogen-bond donors (Lipinski definition) is 0. The van der Waals surface area contributed by atoms with Crippen LogP contribution in [-0.4, -0.2) is 4.57 Å². The molecule has 11 rings (SSSR count). The fourth-order valence-corrected chi connectivity index (χ4v) is 8.34. The molecule has 0 spiro atoms. The van der Waals surface area contributed by atoms with Crippen LogP contribution in [0.3, 0.4) is 0 Å². The van der Waals surface area contributed by atoms with E-state index in [1.165, 1.54) is 32.7 Å². The first-order valence-electron chi connectivity index (χ1n) is 18.8. The second kappa shape index (κ2) is 12.6. The van der Waals surface area contributed by atoms with Crippen molar-refractivity contribution in [1.29, 1.82) is 0 Å². The van der Waals surface area contributed by atoms with Gasteiger partial charge in [0, 0.05) is 49.9 Å². The van der Waals surface area contributed by atoms with Crippen molar-refractivity contribution < 1.29 is 4.42 Å². The minimum absolute atomic E-state index is 0.904. The number of nitrogens with zero attached hydrogens (tertiary/aromatic N) is 2. The third-order valence-corrected chi connectivity index (χ3v) is 11.0. The first-order valence-corrected chi connectivity index (χ1v) is 18.8. The molecular weight excluding hydrogens is 669 g/mol. The molecule has 11 aromatic rings. The second-order valence-corrected chi connectivity index (χ2v) is 14.2. The Balaban J connectivity index is 1.12. The Labute approximate surface area is 318 Å². The summed E-state index contributed by atoms with van der Waals surface area (Å²) in [6.07, 6.45) is 0. The first kappa shape index (κ1) is 31.2. The van der Waals surface area contributed by atoms with Gasteiger partial charge in [0.15, 0.2) is 0 Å². The molecule has 0 bridgehead atoms. The molecule has 0 saturated carbocycles. The SMILES string of the molecule is c1ccc(N(c2ccccc2)c2ccc(-n3c4cc(-c5ccc6ccccc6c5)ccc4c4ccc(-c5cccc6c5oc5ccccc56)cc43)cc2)cc1. The second-order valence-electron chi connectivity index (χ2n) is 14.2. The molecule has 0 unspecified atom stereocenters. The van der Waals surface area contributed by atoms with Crippen LogP contribution in [0.25, 0.3) is 82.5 Å². The molecule has 0 radical (unpaired) electrons. The van der Waals surface area contributed by atoms with Crippen LogP contribution >= 0.6 is 0 Å². The average Bonchev–Trinajstić information content (AvgIpc) is 3.80. The lowest BCUT2D eigenvalue weighted by Gasteiger charge is -2.25. The summed E-state index contributed by atoms with van der Waals surface area (Å²) >= 11 is 0. The number of fused-ring (bicyclic) bond motifs is 7. The number of furan rings is 1. The van der Waals surface area contributed by atoms with Crippen LogP contribution in [0.1, 0.15) is 0 Å². The highest BCUT2D eigenvalue weighted by Crippen LogP contribution is 2.41. The standard InChI is InChI=1S/C52H34N2O/c1-3-14-40(15-4-1)53(41-16-5-2-6-17-41)42-26-28-43(29-27-42)54-49-33-38(37-23-22-35-12-7-8-13-36(35)32-37)24-30-45(49)46-31-25-39(34-50(46)54)44-19-11-20-48-47-18-9-10-21-51(47)55-52(44)48/h1-34H. The van der Waals surface area contributed by atoms with Crippen LogP contribution in [0.15, 0.2) is 211 Å². The van der Waals surface area contributed by atoms with Gasteiger partial charge in [-0.1, -0.05) is 133 Å². The van der Waals surface area contributed by atoms with E-state index in [0.717, 1.165) is 66.8 Å². The fourth-order valence-electron chi connectivity index (χ4n) is 8.34. The highest BCUT2D eigenvalue weighted by atomic mass is 16.3. The monoisotopic (exact) mass is 702 g/mol. The maximum absolute atomic E-state index is 6.52. The van der Waals surface area contributed by atoms with Gasteiger partial charge in [-0.3, -0.25) is 0 Å². The fraction of sp³-hybridized carbons (Fsp3) is 0. The zero-order chi connectivity index (χ0) is 36.3. The highest BCUT2D eigenvalue weighted by molar-refractivity contribution is 6.13. The van der Waals surface area contributed by atoms with Gasteiger partial charge in [0.05, 0.1) is 11.0 Å². The number of benzene rings is 9.